The van der Waals surface area contributed by atoms with Crippen molar-refractivity contribution in [1.29, 1.82) is 0 Å². The number of aliphatic carboxylic acids is 1. The molecule has 0 amide bonds. The molecule has 2 heterocycles. The van der Waals surface area contributed by atoms with E-state index in [2.05, 4.69) is 37.5 Å². The fourth-order valence-corrected chi connectivity index (χ4v) is 13.6. The van der Waals surface area contributed by atoms with E-state index in [-0.39, 0.29) is 30.7 Å². The van der Waals surface area contributed by atoms with Crippen molar-refractivity contribution in [2.75, 3.05) is 52.5 Å². The number of unbranched alkanes of at least 4 members (excludes halogenated alkanes) is 44. The molecule has 2 rings (SSSR count). The van der Waals surface area contributed by atoms with Gasteiger partial charge in [-0.2, -0.15) is 0 Å². The summed E-state index contributed by atoms with van der Waals surface area (Å²) in [7, 11) is 0. The van der Waals surface area contributed by atoms with Crippen molar-refractivity contribution in [2.24, 2.45) is 0 Å². The second-order valence-corrected chi connectivity index (χ2v) is 28.5. The van der Waals surface area contributed by atoms with Crippen LogP contribution in [0.1, 0.15) is 394 Å². The zero-order valence-electron chi connectivity index (χ0n) is 60.2. The highest BCUT2D eigenvalue weighted by Gasteiger charge is 2.44. The molecule has 0 aliphatic carbocycles. The van der Waals surface area contributed by atoms with Crippen molar-refractivity contribution in [2.45, 2.75) is 436 Å². The molecule has 2 aliphatic rings. The average Bonchev–Trinajstić information content (AvgIpc) is 3.98. The molecule has 90 heavy (non-hydrogen) atoms. The topological polar surface area (TPSA) is 169 Å². The van der Waals surface area contributed by atoms with Crippen LogP contribution in [0.4, 0.5) is 0 Å². The lowest BCUT2D eigenvalue weighted by atomic mass is 10.0. The highest BCUT2D eigenvalue weighted by atomic mass is 16.6. The third-order valence-corrected chi connectivity index (χ3v) is 19.4. The molecule has 536 valence electrons. The smallest absolute Gasteiger partial charge is 0.306 e. The zero-order valence-corrected chi connectivity index (χ0v) is 60.2. The van der Waals surface area contributed by atoms with Gasteiger partial charge in [0.1, 0.15) is 6.10 Å². The van der Waals surface area contributed by atoms with Crippen LogP contribution < -0.4 is 0 Å². The Kier molecular flexibility index (Phi) is 63.8. The Balaban J connectivity index is 0.000000916. The molecule has 0 saturated carbocycles. The van der Waals surface area contributed by atoms with Crippen LogP contribution in [-0.2, 0) is 23.8 Å². The summed E-state index contributed by atoms with van der Waals surface area (Å²) >= 11 is 0. The molecule has 7 unspecified atom stereocenters. The van der Waals surface area contributed by atoms with Gasteiger partial charge in [0.25, 0.3) is 0 Å². The van der Waals surface area contributed by atoms with Gasteiger partial charge >= 0.3 is 11.9 Å². The number of ether oxygens (including phenoxy) is 3. The van der Waals surface area contributed by atoms with Gasteiger partial charge in [-0.25, -0.2) is 0 Å². The van der Waals surface area contributed by atoms with Crippen LogP contribution >= 0.6 is 0 Å². The van der Waals surface area contributed by atoms with E-state index in [1.165, 1.54) is 283 Å². The van der Waals surface area contributed by atoms with Crippen molar-refractivity contribution in [3.8, 4) is 0 Å². The number of nitrogens with zero attached hydrogens (tertiary/aromatic N) is 2. The first-order chi connectivity index (χ1) is 44.0. The van der Waals surface area contributed by atoms with Crippen molar-refractivity contribution < 1.29 is 49.3 Å². The van der Waals surface area contributed by atoms with Gasteiger partial charge in [0.2, 0.25) is 0 Å². The summed E-state index contributed by atoms with van der Waals surface area (Å²) in [6.07, 6.45) is 66.8. The van der Waals surface area contributed by atoms with Crippen molar-refractivity contribution in [3.63, 3.8) is 0 Å². The molecule has 2 aliphatic heterocycles. The molecule has 12 heteroatoms. The van der Waals surface area contributed by atoms with Crippen LogP contribution in [0.2, 0.25) is 0 Å². The third kappa shape index (κ3) is 56.9. The van der Waals surface area contributed by atoms with Crippen LogP contribution in [0.25, 0.3) is 0 Å². The predicted molar refractivity (Wildman–Crippen MR) is 380 cm³/mol. The minimum atomic E-state index is -0.779. The number of carboxylic acids is 1. The Morgan fingerprint density at radius 1 is 0.367 bits per heavy atom. The summed E-state index contributed by atoms with van der Waals surface area (Å²) in [6.45, 7) is 13.6. The Hall–Kier alpha value is -1.38. The van der Waals surface area contributed by atoms with E-state index in [1.54, 1.807) is 0 Å². The Labute approximate surface area is 557 Å². The maximum atomic E-state index is 12.6. The number of rotatable bonds is 69. The monoisotopic (exact) mass is 1280 g/mol. The molecule has 12 nitrogen and oxygen atoms in total. The Bertz CT molecular complexity index is 1420. The van der Waals surface area contributed by atoms with Gasteiger partial charge in [-0.1, -0.05) is 336 Å². The van der Waals surface area contributed by atoms with Crippen molar-refractivity contribution in [3.05, 3.63) is 0 Å². The van der Waals surface area contributed by atoms with Crippen LogP contribution in [0, 0.1) is 0 Å². The largest absolute Gasteiger partial charge is 0.481 e. The predicted octanol–water partition coefficient (Wildman–Crippen LogP) is 20.1. The first-order valence-electron chi connectivity index (χ1n) is 39.8. The number of aliphatic hydroxyl groups excluding tert-OH is 4. The number of carbonyl (C=O) groups excluding carboxylic acids is 1. The lowest BCUT2D eigenvalue weighted by Crippen LogP contribution is -2.39. The van der Waals surface area contributed by atoms with Gasteiger partial charge in [-0.05, 0) is 58.0 Å². The normalized spacial score (nSPS) is 17.0. The number of fused-ring (bicyclic) bond motifs is 1. The van der Waals surface area contributed by atoms with Crippen LogP contribution in [-0.4, -0.2) is 142 Å². The van der Waals surface area contributed by atoms with E-state index in [4.69, 9.17) is 19.3 Å². The second kappa shape index (κ2) is 66.2. The van der Waals surface area contributed by atoms with E-state index in [1.807, 2.05) is 0 Å². The molecule has 0 spiro atoms. The molecule has 0 bridgehead atoms. The van der Waals surface area contributed by atoms with E-state index in [0.717, 1.165) is 57.8 Å². The Morgan fingerprint density at radius 3 is 0.889 bits per heavy atom. The van der Waals surface area contributed by atoms with Gasteiger partial charge in [0.15, 0.2) is 6.10 Å². The highest BCUT2D eigenvalue weighted by molar-refractivity contribution is 5.69. The zero-order chi connectivity index (χ0) is 65.4. The molecule has 7 atom stereocenters. The molecule has 2 fully saturated rings. The first-order valence-corrected chi connectivity index (χ1v) is 39.8. The number of carboxylic acid groups (broad SMARTS) is 1. The molecule has 0 aromatic heterocycles. The van der Waals surface area contributed by atoms with E-state index >= 15 is 0 Å². The number of carbonyl (C=O) groups is 2. The molecule has 0 radical (unpaired) electrons. The molecule has 0 aromatic rings. The highest BCUT2D eigenvalue weighted by Crippen LogP contribution is 2.29. The standard InChI is InChI=1S/C42H81NO6.C36H73NO4/c1-3-5-7-9-11-13-15-17-19-21-23-25-28-37(44)34-43(32-27-30-41(46)49-40-36-48-39-31-33-47-42(39)40)35-38(45)29-26-24-22-20-18-16-14-12-10-8-6-4-2;1-3-5-7-9-11-13-15-17-19-21-23-25-28-34(38)32-37(31-27-30-36(40)41)33-35(39)29-26-24-22-20-18-16-14-12-10-8-6-4-2/h37-40,42,44-45H,3-36H2,1-2H3;34-35,38-39H,3-33H2,1-2H3,(H,40,41). The number of hydrogen-bond donors (Lipinski definition) is 5. The maximum Gasteiger partial charge on any atom is 0.306 e. The van der Waals surface area contributed by atoms with Crippen LogP contribution in [0.5, 0.6) is 0 Å². The van der Waals surface area contributed by atoms with E-state index < -0.39 is 30.4 Å². The summed E-state index contributed by atoms with van der Waals surface area (Å²) in [5.41, 5.74) is 0. The molecule has 0 aromatic carbocycles. The summed E-state index contributed by atoms with van der Waals surface area (Å²) in [5, 5.41) is 52.2. The lowest BCUT2D eigenvalue weighted by molar-refractivity contribution is -0.153. The number of aliphatic hydroxyl groups is 4. The van der Waals surface area contributed by atoms with Crippen LogP contribution in [0.3, 0.4) is 0 Å². The molecule has 2 saturated heterocycles. The Morgan fingerprint density at radius 2 is 0.622 bits per heavy atom. The third-order valence-electron chi connectivity index (χ3n) is 19.4. The quantitative estimate of drug-likeness (QED) is 0.0289. The van der Waals surface area contributed by atoms with Crippen LogP contribution in [0.15, 0.2) is 0 Å². The summed E-state index contributed by atoms with van der Waals surface area (Å²) < 4.78 is 17.2. The van der Waals surface area contributed by atoms with Gasteiger partial charge in [0.05, 0.1) is 37.1 Å². The summed E-state index contributed by atoms with van der Waals surface area (Å²) in [5.74, 6) is -0.988. The fourth-order valence-electron chi connectivity index (χ4n) is 13.6. The van der Waals surface area contributed by atoms with E-state index in [9.17, 15) is 30.0 Å². The molecular formula is C78H154N2O10. The minimum absolute atomic E-state index is 0.0616. The van der Waals surface area contributed by atoms with Gasteiger partial charge < -0.3 is 39.7 Å². The first kappa shape index (κ1) is 86.6. The van der Waals surface area contributed by atoms with Gasteiger partial charge in [0, 0.05) is 45.6 Å². The lowest BCUT2D eigenvalue weighted by Gasteiger charge is -2.27. The average molecular weight is 1280 g/mol. The van der Waals surface area contributed by atoms with Gasteiger partial charge in [-0.15, -0.1) is 0 Å². The van der Waals surface area contributed by atoms with Crippen molar-refractivity contribution in [1.82, 2.24) is 9.80 Å². The van der Waals surface area contributed by atoms with Gasteiger partial charge in [-0.3, -0.25) is 19.4 Å². The summed E-state index contributed by atoms with van der Waals surface area (Å²) in [4.78, 5) is 27.9. The van der Waals surface area contributed by atoms with E-state index in [0.29, 0.717) is 71.7 Å². The van der Waals surface area contributed by atoms with Crippen molar-refractivity contribution >= 4 is 11.9 Å². The number of hydrogen-bond acceptors (Lipinski definition) is 11. The SMILES string of the molecule is CCCCCCCCCCCCCCC(O)CN(CCCC(=O)O)CC(O)CCCCCCCCCCCCCC.CCCCCCCCCCCCCCC(O)CN(CCCC(=O)OC1COC2CCOC21)CC(O)CCCCCCCCCCCCCC. The molecular weight excluding hydrogens is 1120 g/mol. The second-order valence-electron chi connectivity index (χ2n) is 28.5. The number of esters is 1. The maximum absolute atomic E-state index is 12.6. The molecule has 5 N–H and O–H groups in total. The fraction of sp³-hybridized carbons (Fsp3) is 0.974. The minimum Gasteiger partial charge on any atom is -0.481 e. The summed E-state index contributed by atoms with van der Waals surface area (Å²) in [6, 6.07) is 0.